The molecule has 0 fully saturated rings. The number of urea groups is 1. The van der Waals surface area contributed by atoms with Crippen molar-refractivity contribution in [2.24, 2.45) is 11.5 Å². The highest BCUT2D eigenvalue weighted by molar-refractivity contribution is 5.94. The Balaban J connectivity index is 2.69. The zero-order valence-electron chi connectivity index (χ0n) is 10.7. The Kier molecular flexibility index (Phi) is 3.70. The summed E-state index contributed by atoms with van der Waals surface area (Å²) >= 11 is 0. The van der Waals surface area contributed by atoms with Gasteiger partial charge in [0.2, 0.25) is 0 Å². The van der Waals surface area contributed by atoms with Gasteiger partial charge in [-0.25, -0.2) is 4.79 Å². The number of primary amides is 2. The largest absolute Gasteiger partial charge is 0.367 e. The molecule has 0 bridgehead atoms. The first-order chi connectivity index (χ1) is 9.57. The van der Waals surface area contributed by atoms with Crippen LogP contribution >= 0.6 is 0 Å². The lowest BCUT2D eigenvalue weighted by Crippen LogP contribution is -2.57. The standard InChI is InChI=1S/C15H15N3O2/c16-13(19)15(18-14(17)20,11-7-3-1-4-8-11)12-9-5-2-6-10-12/h1-10H,(H2,16,19)(H3,17,18,20). The molecule has 2 aromatic carbocycles. The third kappa shape index (κ3) is 2.33. The highest BCUT2D eigenvalue weighted by atomic mass is 16.2. The van der Waals surface area contributed by atoms with Crippen LogP contribution in [0.4, 0.5) is 4.79 Å². The normalized spacial score (nSPS) is 10.8. The van der Waals surface area contributed by atoms with Crippen molar-refractivity contribution in [3.63, 3.8) is 0 Å². The number of carbonyl (C=O) groups is 2. The van der Waals surface area contributed by atoms with Gasteiger partial charge in [0.25, 0.3) is 5.91 Å². The van der Waals surface area contributed by atoms with E-state index < -0.39 is 17.5 Å². The summed E-state index contributed by atoms with van der Waals surface area (Å²) in [5.74, 6) is -0.700. The van der Waals surface area contributed by atoms with Crippen LogP contribution in [0, 0.1) is 0 Å². The molecule has 3 amide bonds. The summed E-state index contributed by atoms with van der Waals surface area (Å²) in [6, 6.07) is 16.7. The Morgan fingerprint density at radius 3 is 1.50 bits per heavy atom. The maximum Gasteiger partial charge on any atom is 0.313 e. The zero-order chi connectivity index (χ0) is 14.6. The van der Waals surface area contributed by atoms with Gasteiger partial charge in [-0.05, 0) is 11.1 Å². The number of hydrogen-bond donors (Lipinski definition) is 3. The van der Waals surface area contributed by atoms with Crippen LogP contribution < -0.4 is 16.8 Å². The molecule has 0 radical (unpaired) electrons. The molecule has 0 aliphatic rings. The van der Waals surface area contributed by atoms with Crippen LogP contribution in [0.25, 0.3) is 0 Å². The summed E-state index contributed by atoms with van der Waals surface area (Å²) in [5.41, 5.74) is 10.4. The molecule has 102 valence electrons. The second kappa shape index (κ2) is 5.44. The fourth-order valence-corrected chi connectivity index (χ4v) is 2.22. The molecular formula is C15H15N3O2. The number of nitrogens with two attached hydrogens (primary N) is 2. The molecule has 0 heterocycles. The van der Waals surface area contributed by atoms with Gasteiger partial charge in [0.1, 0.15) is 0 Å². The van der Waals surface area contributed by atoms with Gasteiger partial charge >= 0.3 is 6.03 Å². The molecule has 5 heteroatoms. The maximum atomic E-state index is 12.1. The van der Waals surface area contributed by atoms with Gasteiger partial charge in [0.05, 0.1) is 0 Å². The Labute approximate surface area is 116 Å². The first-order valence-electron chi connectivity index (χ1n) is 6.06. The van der Waals surface area contributed by atoms with Crippen molar-refractivity contribution in [2.45, 2.75) is 5.54 Å². The summed E-state index contributed by atoms with van der Waals surface area (Å²) in [4.78, 5) is 23.5. The van der Waals surface area contributed by atoms with Crippen molar-refractivity contribution in [1.82, 2.24) is 5.32 Å². The summed E-state index contributed by atoms with van der Waals surface area (Å²) in [7, 11) is 0. The topological polar surface area (TPSA) is 98.2 Å². The SMILES string of the molecule is NC(=O)NC(C(N)=O)(c1ccccc1)c1ccccc1. The number of hydrogen-bond acceptors (Lipinski definition) is 2. The van der Waals surface area contributed by atoms with Gasteiger partial charge in [-0.1, -0.05) is 60.7 Å². The van der Waals surface area contributed by atoms with Crippen molar-refractivity contribution in [3.05, 3.63) is 71.8 Å². The fourth-order valence-electron chi connectivity index (χ4n) is 2.22. The summed E-state index contributed by atoms with van der Waals surface area (Å²) in [6.07, 6.45) is 0. The molecule has 2 rings (SSSR count). The fraction of sp³-hybridized carbons (Fsp3) is 0.0667. The minimum atomic E-state index is -1.48. The van der Waals surface area contributed by atoms with Crippen molar-refractivity contribution < 1.29 is 9.59 Å². The monoisotopic (exact) mass is 269 g/mol. The lowest BCUT2D eigenvalue weighted by Gasteiger charge is -2.32. The van der Waals surface area contributed by atoms with Crippen LogP contribution in [-0.2, 0) is 10.3 Å². The predicted molar refractivity (Wildman–Crippen MR) is 75.6 cm³/mol. The molecule has 0 aliphatic heterocycles. The van der Waals surface area contributed by atoms with Gasteiger partial charge < -0.3 is 16.8 Å². The average molecular weight is 269 g/mol. The van der Waals surface area contributed by atoms with E-state index >= 15 is 0 Å². The van der Waals surface area contributed by atoms with Crippen molar-refractivity contribution >= 4 is 11.9 Å². The Hall–Kier alpha value is -2.82. The van der Waals surface area contributed by atoms with Crippen molar-refractivity contribution in [3.8, 4) is 0 Å². The van der Waals surface area contributed by atoms with Gasteiger partial charge in [-0.2, -0.15) is 0 Å². The first-order valence-corrected chi connectivity index (χ1v) is 6.06. The van der Waals surface area contributed by atoms with E-state index in [0.717, 1.165) is 0 Å². The third-order valence-electron chi connectivity index (χ3n) is 3.09. The van der Waals surface area contributed by atoms with E-state index in [4.69, 9.17) is 11.5 Å². The highest BCUT2D eigenvalue weighted by Crippen LogP contribution is 2.29. The third-order valence-corrected chi connectivity index (χ3v) is 3.09. The van der Waals surface area contributed by atoms with Crippen LogP contribution in [0.3, 0.4) is 0 Å². The van der Waals surface area contributed by atoms with Crippen LogP contribution in [0.2, 0.25) is 0 Å². The summed E-state index contributed by atoms with van der Waals surface area (Å²) in [5, 5.41) is 2.49. The first kappa shape index (κ1) is 13.6. The van der Waals surface area contributed by atoms with Crippen LogP contribution in [0.15, 0.2) is 60.7 Å². The van der Waals surface area contributed by atoms with E-state index in [1.54, 1.807) is 48.5 Å². The molecule has 5 N–H and O–H groups in total. The minimum absolute atomic E-state index is 0.553. The van der Waals surface area contributed by atoms with Crippen LogP contribution in [-0.4, -0.2) is 11.9 Å². The molecule has 0 saturated heterocycles. The number of carbonyl (C=O) groups excluding carboxylic acids is 2. The molecule has 0 aliphatic carbocycles. The molecule has 0 saturated carbocycles. The van der Waals surface area contributed by atoms with E-state index in [-0.39, 0.29) is 0 Å². The number of amides is 3. The predicted octanol–water partition coefficient (Wildman–Crippen LogP) is 1.08. The lowest BCUT2D eigenvalue weighted by molar-refractivity contribution is -0.122. The average Bonchev–Trinajstić information content (AvgIpc) is 2.46. The molecule has 5 nitrogen and oxygen atoms in total. The van der Waals surface area contributed by atoms with Gasteiger partial charge in [-0.3, -0.25) is 4.79 Å². The maximum absolute atomic E-state index is 12.1. The highest BCUT2D eigenvalue weighted by Gasteiger charge is 2.41. The van der Waals surface area contributed by atoms with Gasteiger partial charge in [0, 0.05) is 0 Å². The number of benzene rings is 2. The van der Waals surface area contributed by atoms with Crippen LogP contribution in [0.5, 0.6) is 0 Å². The lowest BCUT2D eigenvalue weighted by atomic mass is 9.82. The van der Waals surface area contributed by atoms with E-state index in [9.17, 15) is 9.59 Å². The quantitative estimate of drug-likeness (QED) is 0.774. The Morgan fingerprint density at radius 1 is 0.800 bits per heavy atom. The molecular weight excluding hydrogens is 254 g/mol. The second-order valence-electron chi connectivity index (χ2n) is 4.34. The molecule has 0 unspecified atom stereocenters. The molecule has 0 aromatic heterocycles. The van der Waals surface area contributed by atoms with E-state index in [1.807, 2.05) is 12.1 Å². The zero-order valence-corrected chi connectivity index (χ0v) is 10.7. The van der Waals surface area contributed by atoms with Gasteiger partial charge in [0.15, 0.2) is 5.54 Å². The second-order valence-corrected chi connectivity index (χ2v) is 4.34. The minimum Gasteiger partial charge on any atom is -0.367 e. The molecule has 2 aromatic rings. The summed E-state index contributed by atoms with van der Waals surface area (Å²) in [6.45, 7) is 0. The number of rotatable bonds is 4. The van der Waals surface area contributed by atoms with E-state index in [0.29, 0.717) is 11.1 Å². The molecule has 20 heavy (non-hydrogen) atoms. The molecule has 0 spiro atoms. The Bertz CT molecular complexity index is 572. The van der Waals surface area contributed by atoms with Crippen molar-refractivity contribution in [1.29, 1.82) is 0 Å². The van der Waals surface area contributed by atoms with E-state index in [1.165, 1.54) is 0 Å². The summed E-state index contributed by atoms with van der Waals surface area (Å²) < 4.78 is 0. The van der Waals surface area contributed by atoms with Crippen LogP contribution in [0.1, 0.15) is 11.1 Å². The van der Waals surface area contributed by atoms with Gasteiger partial charge in [-0.15, -0.1) is 0 Å². The smallest absolute Gasteiger partial charge is 0.313 e. The molecule has 0 atom stereocenters. The Morgan fingerprint density at radius 2 is 1.20 bits per heavy atom. The van der Waals surface area contributed by atoms with Crippen molar-refractivity contribution in [2.75, 3.05) is 0 Å². The number of nitrogens with one attached hydrogen (secondary N) is 1. The van der Waals surface area contributed by atoms with E-state index in [2.05, 4.69) is 5.32 Å².